The van der Waals surface area contributed by atoms with E-state index in [9.17, 15) is 5.11 Å². The van der Waals surface area contributed by atoms with E-state index in [-0.39, 0.29) is 6.10 Å². The molecule has 0 aromatic carbocycles. The van der Waals surface area contributed by atoms with Gasteiger partial charge in [0.15, 0.2) is 0 Å². The average molecular weight is 141 g/mol. The van der Waals surface area contributed by atoms with Gasteiger partial charge in [-0.1, -0.05) is 18.9 Å². The summed E-state index contributed by atoms with van der Waals surface area (Å²) >= 11 is 0. The summed E-state index contributed by atoms with van der Waals surface area (Å²) in [5.41, 5.74) is 5.33. The lowest BCUT2D eigenvalue weighted by atomic mass is 9.80. The summed E-state index contributed by atoms with van der Waals surface area (Å²) in [6.45, 7) is 3.62. The molecule has 0 aliphatic heterocycles. The molecule has 58 valence electrons. The molecule has 1 saturated carbocycles. The third-order valence-electron chi connectivity index (χ3n) is 2.34. The Morgan fingerprint density at radius 1 is 1.60 bits per heavy atom. The fourth-order valence-corrected chi connectivity index (χ4v) is 1.44. The molecule has 2 atom stereocenters. The van der Waals surface area contributed by atoms with E-state index >= 15 is 0 Å². The van der Waals surface area contributed by atoms with Crippen LogP contribution in [0.2, 0.25) is 0 Å². The second kappa shape index (κ2) is 2.72. The van der Waals surface area contributed by atoms with Crippen molar-refractivity contribution in [2.45, 2.75) is 37.3 Å². The van der Waals surface area contributed by atoms with Gasteiger partial charge >= 0.3 is 0 Å². The van der Waals surface area contributed by atoms with Crippen LogP contribution in [0.15, 0.2) is 12.7 Å². The molecule has 1 rings (SSSR count). The Hall–Kier alpha value is -0.340. The van der Waals surface area contributed by atoms with Crippen LogP contribution in [0.3, 0.4) is 0 Å². The Morgan fingerprint density at radius 2 is 2.30 bits per heavy atom. The molecule has 3 N–H and O–H groups in total. The maximum absolute atomic E-state index is 9.43. The zero-order chi connectivity index (χ0) is 7.61. The molecule has 2 unspecified atom stereocenters. The van der Waals surface area contributed by atoms with Gasteiger partial charge in [-0.3, -0.25) is 0 Å². The first-order valence-corrected chi connectivity index (χ1v) is 3.79. The summed E-state index contributed by atoms with van der Waals surface area (Å²) in [7, 11) is 0. The van der Waals surface area contributed by atoms with Crippen LogP contribution in [0, 0.1) is 0 Å². The number of nitrogens with two attached hydrogens (primary N) is 1. The Bertz CT molecular complexity index is 135. The molecule has 2 heteroatoms. The zero-order valence-corrected chi connectivity index (χ0v) is 6.21. The molecule has 1 aliphatic rings. The van der Waals surface area contributed by atoms with Crippen molar-refractivity contribution < 1.29 is 5.11 Å². The third-order valence-corrected chi connectivity index (χ3v) is 2.34. The van der Waals surface area contributed by atoms with Crippen LogP contribution in [0.1, 0.15) is 25.7 Å². The number of aliphatic hydroxyl groups is 1. The van der Waals surface area contributed by atoms with Gasteiger partial charge in [-0.05, 0) is 12.8 Å². The van der Waals surface area contributed by atoms with Crippen LogP contribution in [-0.4, -0.2) is 16.7 Å². The van der Waals surface area contributed by atoms with Gasteiger partial charge in [0, 0.05) is 0 Å². The van der Waals surface area contributed by atoms with Gasteiger partial charge in [-0.2, -0.15) is 0 Å². The quantitative estimate of drug-likeness (QED) is 0.531. The average Bonchev–Trinajstić information content (AvgIpc) is 1.96. The van der Waals surface area contributed by atoms with E-state index in [1.165, 1.54) is 0 Å². The highest BCUT2D eigenvalue weighted by Gasteiger charge is 2.32. The minimum Gasteiger partial charge on any atom is -0.391 e. The van der Waals surface area contributed by atoms with E-state index < -0.39 is 5.54 Å². The lowest BCUT2D eigenvalue weighted by Gasteiger charge is -2.35. The SMILES string of the molecule is C=CC1(N)CCCCC1O. The molecule has 0 aromatic rings. The van der Waals surface area contributed by atoms with Gasteiger partial charge in [0.1, 0.15) is 0 Å². The lowest BCUT2D eigenvalue weighted by Crippen LogP contribution is -2.50. The van der Waals surface area contributed by atoms with Crippen molar-refractivity contribution in [1.82, 2.24) is 0 Å². The van der Waals surface area contributed by atoms with Gasteiger partial charge in [0.05, 0.1) is 11.6 Å². The molecular formula is C8H15NO. The summed E-state index contributed by atoms with van der Waals surface area (Å²) in [5.74, 6) is 0. The molecule has 0 bridgehead atoms. The Labute approximate surface area is 61.7 Å². The molecule has 1 aliphatic carbocycles. The van der Waals surface area contributed by atoms with E-state index in [1.54, 1.807) is 6.08 Å². The summed E-state index contributed by atoms with van der Waals surface area (Å²) in [6.07, 6.45) is 5.20. The summed E-state index contributed by atoms with van der Waals surface area (Å²) in [5, 5.41) is 9.43. The fraction of sp³-hybridized carbons (Fsp3) is 0.750. The smallest absolute Gasteiger partial charge is 0.0755 e. The van der Waals surface area contributed by atoms with E-state index in [0.717, 1.165) is 25.7 Å². The zero-order valence-electron chi connectivity index (χ0n) is 6.21. The number of hydrogen-bond acceptors (Lipinski definition) is 2. The standard InChI is InChI=1S/C8H15NO/c1-2-8(9)6-4-3-5-7(8)10/h2,7,10H,1,3-6,9H2. The normalized spacial score (nSPS) is 41.2. The van der Waals surface area contributed by atoms with Crippen LogP contribution in [-0.2, 0) is 0 Å². The fourth-order valence-electron chi connectivity index (χ4n) is 1.44. The molecule has 1 fully saturated rings. The van der Waals surface area contributed by atoms with Crippen molar-refractivity contribution in [3.63, 3.8) is 0 Å². The van der Waals surface area contributed by atoms with Gasteiger partial charge in [-0.25, -0.2) is 0 Å². The van der Waals surface area contributed by atoms with Gasteiger partial charge < -0.3 is 10.8 Å². The maximum atomic E-state index is 9.43. The monoisotopic (exact) mass is 141 g/mol. The first-order valence-electron chi connectivity index (χ1n) is 3.79. The van der Waals surface area contributed by atoms with Crippen LogP contribution in [0.4, 0.5) is 0 Å². The number of aliphatic hydroxyl groups excluding tert-OH is 1. The highest BCUT2D eigenvalue weighted by atomic mass is 16.3. The molecule has 0 saturated heterocycles. The maximum Gasteiger partial charge on any atom is 0.0755 e. The molecule has 2 nitrogen and oxygen atoms in total. The van der Waals surface area contributed by atoms with Crippen LogP contribution in [0.25, 0.3) is 0 Å². The van der Waals surface area contributed by atoms with Crippen LogP contribution >= 0.6 is 0 Å². The minimum absolute atomic E-state index is 0.376. The van der Waals surface area contributed by atoms with Crippen molar-refractivity contribution in [3.05, 3.63) is 12.7 Å². The van der Waals surface area contributed by atoms with E-state index in [1.807, 2.05) is 0 Å². The van der Waals surface area contributed by atoms with E-state index in [4.69, 9.17) is 5.73 Å². The second-order valence-corrected chi connectivity index (χ2v) is 3.08. The molecule has 0 amide bonds. The summed E-state index contributed by atoms with van der Waals surface area (Å²) < 4.78 is 0. The lowest BCUT2D eigenvalue weighted by molar-refractivity contribution is 0.0725. The molecular weight excluding hydrogens is 126 g/mol. The highest BCUT2D eigenvalue weighted by molar-refractivity contribution is 5.06. The van der Waals surface area contributed by atoms with E-state index in [0.29, 0.717) is 0 Å². The van der Waals surface area contributed by atoms with E-state index in [2.05, 4.69) is 6.58 Å². The van der Waals surface area contributed by atoms with Crippen molar-refractivity contribution >= 4 is 0 Å². The Morgan fingerprint density at radius 3 is 2.70 bits per heavy atom. The topological polar surface area (TPSA) is 46.2 Å². The number of hydrogen-bond donors (Lipinski definition) is 2. The molecule has 0 heterocycles. The molecule has 0 aromatic heterocycles. The predicted octanol–water partition coefficient (Wildman–Crippen LogP) is 0.805. The molecule has 10 heavy (non-hydrogen) atoms. The predicted molar refractivity (Wildman–Crippen MR) is 41.6 cm³/mol. The first kappa shape index (κ1) is 7.76. The van der Waals surface area contributed by atoms with Crippen LogP contribution < -0.4 is 5.73 Å². The first-order chi connectivity index (χ1) is 4.69. The Balaban J connectivity index is 2.62. The largest absolute Gasteiger partial charge is 0.391 e. The van der Waals surface area contributed by atoms with Crippen molar-refractivity contribution in [2.24, 2.45) is 5.73 Å². The Kier molecular flexibility index (Phi) is 2.11. The third kappa shape index (κ3) is 1.22. The summed E-state index contributed by atoms with van der Waals surface area (Å²) in [6, 6.07) is 0. The second-order valence-electron chi connectivity index (χ2n) is 3.08. The highest BCUT2D eigenvalue weighted by Crippen LogP contribution is 2.26. The molecule has 0 radical (unpaired) electrons. The van der Waals surface area contributed by atoms with Crippen molar-refractivity contribution in [2.75, 3.05) is 0 Å². The number of rotatable bonds is 1. The summed E-state index contributed by atoms with van der Waals surface area (Å²) in [4.78, 5) is 0. The van der Waals surface area contributed by atoms with Crippen molar-refractivity contribution in [1.29, 1.82) is 0 Å². The van der Waals surface area contributed by atoms with Crippen LogP contribution in [0.5, 0.6) is 0 Å². The van der Waals surface area contributed by atoms with Crippen molar-refractivity contribution in [3.8, 4) is 0 Å². The van der Waals surface area contributed by atoms with Gasteiger partial charge in [0.25, 0.3) is 0 Å². The van der Waals surface area contributed by atoms with Gasteiger partial charge in [-0.15, -0.1) is 6.58 Å². The minimum atomic E-state index is -0.502. The van der Waals surface area contributed by atoms with Gasteiger partial charge in [0.2, 0.25) is 0 Å². The molecule has 0 spiro atoms.